The van der Waals surface area contributed by atoms with E-state index in [0.717, 1.165) is 3.97 Å². The number of aromatic nitrogens is 3. The second-order valence-corrected chi connectivity index (χ2v) is 8.26. The van der Waals surface area contributed by atoms with Crippen molar-refractivity contribution >= 4 is 32.7 Å². The van der Waals surface area contributed by atoms with Crippen LogP contribution in [0.2, 0.25) is 5.28 Å². The zero-order valence-corrected chi connectivity index (χ0v) is 15.4. The Morgan fingerprint density at radius 2 is 1.80 bits per heavy atom. The molecule has 8 nitrogen and oxygen atoms in total. The summed E-state index contributed by atoms with van der Waals surface area (Å²) in [5.74, 6) is 0.242. The van der Waals surface area contributed by atoms with Gasteiger partial charge in [-0.3, -0.25) is 0 Å². The predicted octanol–water partition coefficient (Wildman–Crippen LogP) is 3.04. The number of fused-ring (bicyclic) bond motifs is 2. The van der Waals surface area contributed by atoms with Gasteiger partial charge >= 0.3 is 0 Å². The third kappa shape index (κ3) is 2.30. The zero-order chi connectivity index (χ0) is 18.1. The van der Waals surface area contributed by atoms with E-state index in [0.29, 0.717) is 17.0 Å². The standard InChI is InChI=1S/C15H14ClN3O5S/c1-7-13(8(2)24-18-7)25(20,21)19-10-6-12-11(22-15(3,4)23-12)5-9(10)17-14(19)16/h5-6H,1-4H3. The van der Waals surface area contributed by atoms with Crippen LogP contribution in [-0.2, 0) is 10.0 Å². The SMILES string of the molecule is Cc1noc(C)c1S(=O)(=O)n1c(Cl)nc2cc3c(cc21)OC(C)(C)O3. The Kier molecular flexibility index (Phi) is 3.17. The fourth-order valence-electron chi connectivity index (χ4n) is 2.91. The van der Waals surface area contributed by atoms with Crippen LogP contribution in [0.1, 0.15) is 25.3 Å². The predicted molar refractivity (Wildman–Crippen MR) is 88.6 cm³/mol. The number of ether oxygens (including phenoxy) is 2. The van der Waals surface area contributed by atoms with Crippen LogP contribution in [0.25, 0.3) is 11.0 Å². The van der Waals surface area contributed by atoms with Gasteiger partial charge in [-0.1, -0.05) is 5.16 Å². The van der Waals surface area contributed by atoms with Crippen molar-refractivity contribution in [1.29, 1.82) is 0 Å². The summed E-state index contributed by atoms with van der Waals surface area (Å²) < 4.78 is 43.5. The number of hydrogen-bond donors (Lipinski definition) is 0. The maximum atomic E-state index is 13.1. The highest BCUT2D eigenvalue weighted by atomic mass is 35.5. The highest BCUT2D eigenvalue weighted by Gasteiger charge is 2.35. The molecule has 0 aliphatic carbocycles. The van der Waals surface area contributed by atoms with Crippen LogP contribution < -0.4 is 9.47 Å². The number of nitrogens with zero attached hydrogens (tertiary/aromatic N) is 3. The van der Waals surface area contributed by atoms with E-state index in [-0.39, 0.29) is 27.1 Å². The average molecular weight is 384 g/mol. The molecule has 3 heterocycles. The van der Waals surface area contributed by atoms with Crippen molar-refractivity contribution in [3.8, 4) is 11.5 Å². The van der Waals surface area contributed by atoms with Gasteiger partial charge in [0.25, 0.3) is 10.0 Å². The van der Waals surface area contributed by atoms with Crippen LogP contribution >= 0.6 is 11.6 Å². The Labute approximate surface area is 148 Å². The van der Waals surface area contributed by atoms with Gasteiger partial charge in [0.1, 0.15) is 5.69 Å². The van der Waals surface area contributed by atoms with E-state index in [4.69, 9.17) is 25.6 Å². The summed E-state index contributed by atoms with van der Waals surface area (Å²) in [6.07, 6.45) is 0. The fraction of sp³-hybridized carbons (Fsp3) is 0.333. The van der Waals surface area contributed by atoms with Crippen molar-refractivity contribution in [2.24, 2.45) is 0 Å². The zero-order valence-electron chi connectivity index (χ0n) is 13.8. The summed E-state index contributed by atoms with van der Waals surface area (Å²) in [5.41, 5.74) is 0.905. The average Bonchev–Trinajstić information content (AvgIpc) is 3.07. The number of halogens is 1. The van der Waals surface area contributed by atoms with Gasteiger partial charge in [0, 0.05) is 26.0 Å². The van der Waals surface area contributed by atoms with E-state index in [2.05, 4.69) is 10.1 Å². The summed E-state index contributed by atoms with van der Waals surface area (Å²) in [6.45, 7) is 6.59. The smallest absolute Gasteiger partial charge is 0.276 e. The normalized spacial score (nSPS) is 15.9. The highest BCUT2D eigenvalue weighted by Crippen LogP contribution is 2.43. The number of imidazole rings is 1. The third-order valence-corrected chi connectivity index (χ3v) is 6.12. The Morgan fingerprint density at radius 1 is 1.16 bits per heavy atom. The van der Waals surface area contributed by atoms with Crippen molar-refractivity contribution in [3.63, 3.8) is 0 Å². The number of hydrogen-bond acceptors (Lipinski definition) is 7. The van der Waals surface area contributed by atoms with Gasteiger partial charge in [-0.05, 0) is 25.4 Å². The fourth-order valence-corrected chi connectivity index (χ4v) is 5.00. The number of rotatable bonds is 2. The van der Waals surface area contributed by atoms with Crippen molar-refractivity contribution < 1.29 is 22.4 Å². The minimum absolute atomic E-state index is 0.0355. The second kappa shape index (κ2) is 4.89. The molecule has 0 spiro atoms. The topological polar surface area (TPSA) is 96.5 Å². The van der Waals surface area contributed by atoms with Gasteiger partial charge in [-0.2, -0.15) is 0 Å². The van der Waals surface area contributed by atoms with E-state index in [1.165, 1.54) is 6.92 Å². The molecular weight excluding hydrogens is 370 g/mol. The lowest BCUT2D eigenvalue weighted by atomic mass is 10.3. The van der Waals surface area contributed by atoms with E-state index >= 15 is 0 Å². The Morgan fingerprint density at radius 3 is 2.40 bits per heavy atom. The first kappa shape index (κ1) is 16.2. The number of aryl methyl sites for hydroxylation is 2. The Bertz CT molecular complexity index is 1110. The first-order valence-corrected chi connectivity index (χ1v) is 9.20. The summed E-state index contributed by atoms with van der Waals surface area (Å²) in [4.78, 5) is 4.10. The summed E-state index contributed by atoms with van der Waals surface area (Å²) in [7, 11) is -4.05. The molecule has 3 aromatic rings. The van der Waals surface area contributed by atoms with Gasteiger partial charge < -0.3 is 14.0 Å². The third-order valence-electron chi connectivity index (χ3n) is 3.82. The van der Waals surface area contributed by atoms with Gasteiger partial charge in [0.2, 0.25) is 11.1 Å². The molecule has 0 radical (unpaired) electrons. The molecule has 10 heteroatoms. The molecule has 1 aromatic carbocycles. The van der Waals surface area contributed by atoms with Gasteiger partial charge in [-0.25, -0.2) is 17.4 Å². The van der Waals surface area contributed by atoms with Crippen LogP contribution in [0, 0.1) is 13.8 Å². The summed E-state index contributed by atoms with van der Waals surface area (Å²) in [5, 5.41) is 3.51. The lowest BCUT2D eigenvalue weighted by Crippen LogP contribution is -2.29. The number of benzene rings is 1. The van der Waals surface area contributed by atoms with Crippen molar-refractivity contribution in [2.75, 3.05) is 0 Å². The van der Waals surface area contributed by atoms with E-state index < -0.39 is 15.8 Å². The van der Waals surface area contributed by atoms with Crippen LogP contribution in [0.5, 0.6) is 11.5 Å². The lowest BCUT2D eigenvalue weighted by molar-refractivity contribution is -0.0431. The first-order valence-electron chi connectivity index (χ1n) is 7.38. The maximum absolute atomic E-state index is 13.1. The van der Waals surface area contributed by atoms with Gasteiger partial charge in [0.05, 0.1) is 11.0 Å². The summed E-state index contributed by atoms with van der Waals surface area (Å²) in [6, 6.07) is 3.15. The van der Waals surface area contributed by atoms with Crippen LogP contribution in [-0.4, -0.2) is 28.3 Å². The van der Waals surface area contributed by atoms with Gasteiger partial charge in [0.15, 0.2) is 22.2 Å². The highest BCUT2D eigenvalue weighted by molar-refractivity contribution is 7.90. The Hall–Kier alpha value is -2.26. The molecule has 25 heavy (non-hydrogen) atoms. The molecule has 0 saturated carbocycles. The minimum Gasteiger partial charge on any atom is -0.449 e. The molecule has 0 N–H and O–H groups in total. The maximum Gasteiger partial charge on any atom is 0.276 e. The van der Waals surface area contributed by atoms with Crippen molar-refractivity contribution in [1.82, 2.24) is 14.1 Å². The molecule has 4 rings (SSSR count). The van der Waals surface area contributed by atoms with Crippen molar-refractivity contribution in [2.45, 2.75) is 38.4 Å². The largest absolute Gasteiger partial charge is 0.449 e. The minimum atomic E-state index is -4.05. The van der Waals surface area contributed by atoms with E-state index in [1.807, 2.05) is 0 Å². The van der Waals surface area contributed by atoms with Crippen LogP contribution in [0.15, 0.2) is 21.6 Å². The second-order valence-electron chi connectivity index (χ2n) is 6.20. The molecule has 0 fully saturated rings. The molecule has 0 unspecified atom stereocenters. The quantitative estimate of drug-likeness (QED) is 0.670. The van der Waals surface area contributed by atoms with E-state index in [9.17, 15) is 8.42 Å². The first-order chi connectivity index (χ1) is 11.6. The molecule has 2 aromatic heterocycles. The lowest BCUT2D eigenvalue weighted by Gasteiger charge is -2.16. The molecule has 0 amide bonds. The van der Waals surface area contributed by atoms with Gasteiger partial charge in [-0.15, -0.1) is 0 Å². The molecule has 0 bridgehead atoms. The van der Waals surface area contributed by atoms with Crippen LogP contribution in [0.4, 0.5) is 0 Å². The molecule has 0 atom stereocenters. The van der Waals surface area contributed by atoms with Crippen molar-refractivity contribution in [3.05, 3.63) is 28.9 Å². The van der Waals surface area contributed by atoms with Crippen LogP contribution in [0.3, 0.4) is 0 Å². The molecule has 0 saturated heterocycles. The summed E-state index contributed by atoms with van der Waals surface area (Å²) >= 11 is 6.14. The monoisotopic (exact) mass is 383 g/mol. The molecule has 132 valence electrons. The van der Waals surface area contributed by atoms with E-state index in [1.54, 1.807) is 32.9 Å². The molecule has 1 aliphatic heterocycles. The molecule has 1 aliphatic rings. The molecular formula is C15H14ClN3O5S. The Balaban J connectivity index is 1.99.